The molecule has 1 aromatic rings. The van der Waals surface area contributed by atoms with E-state index in [1.807, 2.05) is 11.8 Å². The Hall–Kier alpha value is -1.60. The van der Waals surface area contributed by atoms with Gasteiger partial charge in [0, 0.05) is 18.1 Å². The van der Waals surface area contributed by atoms with E-state index in [9.17, 15) is 18.0 Å². The molecule has 0 radical (unpaired) electrons. The van der Waals surface area contributed by atoms with Gasteiger partial charge in [0.15, 0.2) is 0 Å². The first-order valence-corrected chi connectivity index (χ1v) is 9.67. The molecule has 2 fully saturated rings. The molecular weight excluding hydrogens is 357 g/mol. The average Bonchev–Trinajstić information content (AvgIpc) is 3.03. The van der Waals surface area contributed by atoms with Crippen molar-refractivity contribution >= 4 is 5.97 Å². The molecule has 4 nitrogen and oxygen atoms in total. The van der Waals surface area contributed by atoms with Gasteiger partial charge in [-0.25, -0.2) is 0 Å². The molecule has 2 unspecified atom stereocenters. The van der Waals surface area contributed by atoms with E-state index >= 15 is 0 Å². The van der Waals surface area contributed by atoms with Crippen LogP contribution in [-0.4, -0.2) is 47.2 Å². The second kappa shape index (κ2) is 8.19. The number of carbonyl (C=O) groups is 1. The van der Waals surface area contributed by atoms with Crippen molar-refractivity contribution in [2.24, 2.45) is 0 Å². The van der Waals surface area contributed by atoms with Crippen LogP contribution in [0.3, 0.4) is 0 Å². The number of alkyl halides is 3. The number of nitrogens with one attached hydrogen (secondary N) is 1. The minimum absolute atomic E-state index is 0.0597. The van der Waals surface area contributed by atoms with Crippen LogP contribution in [0.25, 0.3) is 0 Å². The monoisotopic (exact) mass is 384 g/mol. The summed E-state index contributed by atoms with van der Waals surface area (Å²) in [6.45, 7) is 2.73. The van der Waals surface area contributed by atoms with Crippen LogP contribution in [0.1, 0.15) is 56.1 Å². The maximum Gasteiger partial charge on any atom is 0.416 e. The number of nitrogens with zero attached hydrogens (tertiary/aromatic N) is 1. The van der Waals surface area contributed by atoms with Gasteiger partial charge in [0.1, 0.15) is 0 Å². The fraction of sp³-hybridized carbons (Fsp3) is 0.650. The first-order chi connectivity index (χ1) is 12.8. The SMILES string of the molecule is CCN(CC(=O)O)C1CC(NC2CCCC2c2cccc(C(F)(F)F)c2)C1. The predicted octanol–water partition coefficient (Wildman–Crippen LogP) is 3.87. The van der Waals surface area contributed by atoms with Gasteiger partial charge in [0.25, 0.3) is 0 Å². The maximum atomic E-state index is 13.0. The lowest BCUT2D eigenvalue weighted by atomic mass is 9.83. The molecule has 0 aromatic heterocycles. The van der Waals surface area contributed by atoms with Crippen LogP contribution >= 0.6 is 0 Å². The second-order valence-corrected chi connectivity index (χ2v) is 7.71. The Morgan fingerprint density at radius 3 is 2.67 bits per heavy atom. The molecule has 0 heterocycles. The molecule has 2 aliphatic rings. The van der Waals surface area contributed by atoms with Crippen molar-refractivity contribution in [2.75, 3.05) is 13.1 Å². The lowest BCUT2D eigenvalue weighted by Gasteiger charge is -2.44. The van der Waals surface area contributed by atoms with Crippen molar-refractivity contribution in [2.45, 2.75) is 69.2 Å². The van der Waals surface area contributed by atoms with E-state index in [1.54, 1.807) is 6.07 Å². The zero-order valence-electron chi connectivity index (χ0n) is 15.5. The van der Waals surface area contributed by atoms with E-state index in [4.69, 9.17) is 5.11 Å². The number of hydrogen-bond acceptors (Lipinski definition) is 3. The number of rotatable bonds is 7. The van der Waals surface area contributed by atoms with Gasteiger partial charge < -0.3 is 10.4 Å². The fourth-order valence-corrected chi connectivity index (χ4v) is 4.50. The Bertz CT molecular complexity index is 659. The Labute approximate surface area is 157 Å². The van der Waals surface area contributed by atoms with Gasteiger partial charge in [-0.15, -0.1) is 0 Å². The van der Waals surface area contributed by atoms with Crippen LogP contribution in [0.15, 0.2) is 24.3 Å². The number of aliphatic carboxylic acids is 1. The number of halogens is 3. The van der Waals surface area contributed by atoms with Crippen LogP contribution < -0.4 is 5.32 Å². The van der Waals surface area contributed by atoms with Gasteiger partial charge in [-0.1, -0.05) is 31.5 Å². The summed E-state index contributed by atoms with van der Waals surface area (Å²) < 4.78 is 39.0. The summed E-state index contributed by atoms with van der Waals surface area (Å²) in [5.41, 5.74) is 0.179. The van der Waals surface area contributed by atoms with Crippen molar-refractivity contribution in [1.29, 1.82) is 0 Å². The molecule has 150 valence electrons. The van der Waals surface area contributed by atoms with Crippen LogP contribution in [0.2, 0.25) is 0 Å². The van der Waals surface area contributed by atoms with Crippen LogP contribution in [-0.2, 0) is 11.0 Å². The first-order valence-electron chi connectivity index (χ1n) is 9.67. The number of hydrogen-bond donors (Lipinski definition) is 2. The maximum absolute atomic E-state index is 13.0. The largest absolute Gasteiger partial charge is 0.480 e. The third-order valence-electron chi connectivity index (χ3n) is 5.98. The summed E-state index contributed by atoms with van der Waals surface area (Å²) in [5, 5.41) is 12.6. The molecular formula is C20H27F3N2O2. The molecule has 0 aliphatic heterocycles. The molecule has 2 saturated carbocycles. The molecule has 0 spiro atoms. The topological polar surface area (TPSA) is 52.6 Å². The summed E-state index contributed by atoms with van der Waals surface area (Å²) in [6, 6.07) is 6.49. The van der Waals surface area contributed by atoms with E-state index < -0.39 is 17.7 Å². The van der Waals surface area contributed by atoms with Crippen LogP contribution in [0, 0.1) is 0 Å². The number of likely N-dealkylation sites (N-methyl/N-ethyl adjacent to an activating group) is 1. The number of carboxylic acids is 1. The Balaban J connectivity index is 1.58. The summed E-state index contributed by atoms with van der Waals surface area (Å²) >= 11 is 0. The summed E-state index contributed by atoms with van der Waals surface area (Å²) in [4.78, 5) is 12.9. The van der Waals surface area contributed by atoms with Crippen molar-refractivity contribution < 1.29 is 23.1 Å². The van der Waals surface area contributed by atoms with Gasteiger partial charge in [0.2, 0.25) is 0 Å². The van der Waals surface area contributed by atoms with Gasteiger partial charge in [-0.3, -0.25) is 9.69 Å². The van der Waals surface area contributed by atoms with E-state index in [1.165, 1.54) is 12.1 Å². The Morgan fingerprint density at radius 2 is 2.04 bits per heavy atom. The summed E-state index contributed by atoms with van der Waals surface area (Å²) in [7, 11) is 0. The zero-order chi connectivity index (χ0) is 19.6. The predicted molar refractivity (Wildman–Crippen MR) is 96.7 cm³/mol. The van der Waals surface area contributed by atoms with Gasteiger partial charge in [-0.05, 0) is 49.8 Å². The van der Waals surface area contributed by atoms with Gasteiger partial charge in [-0.2, -0.15) is 13.2 Å². The van der Waals surface area contributed by atoms with Gasteiger partial charge in [0.05, 0.1) is 12.1 Å². The quantitative estimate of drug-likeness (QED) is 0.749. The highest BCUT2D eigenvalue weighted by atomic mass is 19.4. The van der Waals surface area contributed by atoms with Crippen molar-refractivity contribution in [3.8, 4) is 0 Å². The number of benzene rings is 1. The molecule has 7 heteroatoms. The molecule has 2 atom stereocenters. The van der Waals surface area contributed by atoms with Gasteiger partial charge >= 0.3 is 12.1 Å². The molecule has 0 bridgehead atoms. The van der Waals surface area contributed by atoms with Crippen molar-refractivity contribution in [3.05, 3.63) is 35.4 Å². The highest BCUT2D eigenvalue weighted by molar-refractivity contribution is 5.69. The minimum Gasteiger partial charge on any atom is -0.480 e. The first kappa shape index (κ1) is 20.1. The molecule has 27 heavy (non-hydrogen) atoms. The lowest BCUT2D eigenvalue weighted by molar-refractivity contribution is -0.139. The smallest absolute Gasteiger partial charge is 0.416 e. The van der Waals surface area contributed by atoms with E-state index in [0.29, 0.717) is 12.6 Å². The Morgan fingerprint density at radius 1 is 1.30 bits per heavy atom. The van der Waals surface area contributed by atoms with E-state index in [2.05, 4.69) is 5.32 Å². The van der Waals surface area contributed by atoms with E-state index in [0.717, 1.165) is 43.7 Å². The fourth-order valence-electron chi connectivity index (χ4n) is 4.50. The number of carboxylic acid groups (broad SMARTS) is 1. The van der Waals surface area contributed by atoms with E-state index in [-0.39, 0.29) is 24.5 Å². The van der Waals surface area contributed by atoms with Crippen molar-refractivity contribution in [1.82, 2.24) is 10.2 Å². The normalized spacial score (nSPS) is 28.3. The second-order valence-electron chi connectivity index (χ2n) is 7.71. The summed E-state index contributed by atoms with van der Waals surface area (Å²) in [5.74, 6) is -0.707. The highest BCUT2D eigenvalue weighted by Gasteiger charge is 2.38. The molecule has 0 saturated heterocycles. The highest BCUT2D eigenvalue weighted by Crippen LogP contribution is 2.39. The zero-order valence-corrected chi connectivity index (χ0v) is 15.5. The average molecular weight is 384 g/mol. The Kier molecular flexibility index (Phi) is 6.11. The molecule has 2 aliphatic carbocycles. The molecule has 1 aromatic carbocycles. The van der Waals surface area contributed by atoms with Crippen LogP contribution in [0.4, 0.5) is 13.2 Å². The van der Waals surface area contributed by atoms with Crippen LogP contribution in [0.5, 0.6) is 0 Å². The standard InChI is InChI=1S/C20H27F3N2O2/c1-2-25(12-19(26)27)16-10-15(11-16)24-18-8-4-7-17(18)13-5-3-6-14(9-13)20(21,22)23/h3,5-6,9,15-18,24H,2,4,7-8,10-12H2,1H3,(H,26,27). The minimum atomic E-state index is -4.31. The van der Waals surface area contributed by atoms with Crippen molar-refractivity contribution in [3.63, 3.8) is 0 Å². The third kappa shape index (κ3) is 4.82. The third-order valence-corrected chi connectivity index (χ3v) is 5.98. The molecule has 0 amide bonds. The molecule has 2 N–H and O–H groups in total. The summed E-state index contributed by atoms with van der Waals surface area (Å²) in [6.07, 6.45) is 0.352. The molecule has 3 rings (SSSR count). The lowest BCUT2D eigenvalue weighted by Crippen LogP contribution is -2.55.